The fourth-order valence-electron chi connectivity index (χ4n) is 1.94. The highest BCUT2D eigenvalue weighted by Gasteiger charge is 2.11. The first-order valence-corrected chi connectivity index (χ1v) is 6.58. The fourth-order valence-corrected chi connectivity index (χ4v) is 1.94. The van der Waals surface area contributed by atoms with E-state index in [0.717, 1.165) is 23.6 Å². The van der Waals surface area contributed by atoms with Crippen LogP contribution < -0.4 is 10.6 Å². The molecule has 2 aromatic heterocycles. The molecule has 2 rings (SSSR count). The SMILES string of the molecule is Cc1n[nH]c(C)c1NC(=O)CN[C@H](C)Cn1cccn1. The van der Waals surface area contributed by atoms with Crippen LogP contribution in [0, 0.1) is 13.8 Å². The molecule has 2 heterocycles. The lowest BCUT2D eigenvalue weighted by Crippen LogP contribution is -2.37. The van der Waals surface area contributed by atoms with Crippen molar-refractivity contribution in [2.45, 2.75) is 33.4 Å². The monoisotopic (exact) mass is 276 g/mol. The van der Waals surface area contributed by atoms with Crippen molar-refractivity contribution >= 4 is 11.6 Å². The summed E-state index contributed by atoms with van der Waals surface area (Å²) in [5, 5.41) is 17.0. The van der Waals surface area contributed by atoms with Gasteiger partial charge in [-0.3, -0.25) is 14.6 Å². The Hall–Kier alpha value is -2.15. The van der Waals surface area contributed by atoms with E-state index in [9.17, 15) is 4.79 Å². The van der Waals surface area contributed by atoms with E-state index in [2.05, 4.69) is 25.9 Å². The summed E-state index contributed by atoms with van der Waals surface area (Å²) in [6.07, 6.45) is 3.64. The Labute approximate surface area is 117 Å². The molecule has 0 fully saturated rings. The van der Waals surface area contributed by atoms with Crippen LogP contribution in [0.25, 0.3) is 0 Å². The molecule has 0 bridgehead atoms. The highest BCUT2D eigenvalue weighted by Crippen LogP contribution is 2.15. The Kier molecular flexibility index (Phi) is 4.52. The standard InChI is InChI=1S/C13H20N6O/c1-9(8-19-6-4-5-15-19)14-7-12(20)16-13-10(2)17-18-11(13)3/h4-6,9,14H,7-8H2,1-3H3,(H,16,20)(H,17,18)/t9-/m1/s1. The Morgan fingerprint density at radius 2 is 2.30 bits per heavy atom. The van der Waals surface area contributed by atoms with Crippen LogP contribution in [0.15, 0.2) is 18.5 Å². The number of nitrogens with one attached hydrogen (secondary N) is 3. The number of hydrogen-bond donors (Lipinski definition) is 3. The Balaban J connectivity index is 1.78. The van der Waals surface area contributed by atoms with Crippen molar-refractivity contribution in [3.05, 3.63) is 29.8 Å². The summed E-state index contributed by atoms with van der Waals surface area (Å²) in [7, 11) is 0. The molecule has 7 nitrogen and oxygen atoms in total. The van der Waals surface area contributed by atoms with Crippen LogP contribution in [0.2, 0.25) is 0 Å². The van der Waals surface area contributed by atoms with Gasteiger partial charge in [0, 0.05) is 18.4 Å². The van der Waals surface area contributed by atoms with Crippen LogP contribution in [0.1, 0.15) is 18.3 Å². The molecule has 1 amide bonds. The highest BCUT2D eigenvalue weighted by molar-refractivity contribution is 5.93. The molecule has 7 heteroatoms. The largest absolute Gasteiger partial charge is 0.322 e. The van der Waals surface area contributed by atoms with Crippen LogP contribution >= 0.6 is 0 Å². The summed E-state index contributed by atoms with van der Waals surface area (Å²) in [5.41, 5.74) is 2.41. The lowest BCUT2D eigenvalue weighted by molar-refractivity contribution is -0.115. The molecule has 0 aliphatic rings. The van der Waals surface area contributed by atoms with Gasteiger partial charge in [-0.15, -0.1) is 0 Å². The maximum Gasteiger partial charge on any atom is 0.238 e. The zero-order chi connectivity index (χ0) is 14.5. The molecule has 0 spiro atoms. The maximum absolute atomic E-state index is 11.9. The molecule has 0 aliphatic carbocycles. The van der Waals surface area contributed by atoms with Gasteiger partial charge >= 0.3 is 0 Å². The number of aromatic nitrogens is 4. The van der Waals surface area contributed by atoms with Crippen molar-refractivity contribution in [1.82, 2.24) is 25.3 Å². The Morgan fingerprint density at radius 1 is 1.50 bits per heavy atom. The average molecular weight is 276 g/mol. The number of aryl methyl sites for hydroxylation is 2. The number of rotatable bonds is 6. The van der Waals surface area contributed by atoms with Gasteiger partial charge in [-0.2, -0.15) is 10.2 Å². The average Bonchev–Trinajstić information content (AvgIpc) is 3.01. The predicted octanol–water partition coefficient (Wildman–Crippen LogP) is 0.840. The normalized spacial score (nSPS) is 12.3. The zero-order valence-electron chi connectivity index (χ0n) is 12.0. The number of carbonyl (C=O) groups excluding carboxylic acids is 1. The second kappa shape index (κ2) is 6.33. The van der Waals surface area contributed by atoms with Gasteiger partial charge in [-0.25, -0.2) is 0 Å². The molecule has 108 valence electrons. The van der Waals surface area contributed by atoms with E-state index in [1.165, 1.54) is 0 Å². The molecule has 2 aromatic rings. The first kappa shape index (κ1) is 14.3. The summed E-state index contributed by atoms with van der Waals surface area (Å²) >= 11 is 0. The minimum atomic E-state index is -0.0788. The molecule has 20 heavy (non-hydrogen) atoms. The van der Waals surface area contributed by atoms with Crippen LogP contribution in [0.3, 0.4) is 0 Å². The summed E-state index contributed by atoms with van der Waals surface area (Å²) < 4.78 is 1.83. The number of amides is 1. The molecule has 1 atom stereocenters. The van der Waals surface area contributed by atoms with Crippen molar-refractivity contribution in [2.24, 2.45) is 0 Å². The Morgan fingerprint density at radius 3 is 2.90 bits per heavy atom. The highest BCUT2D eigenvalue weighted by atomic mass is 16.1. The van der Waals surface area contributed by atoms with Gasteiger partial charge in [-0.1, -0.05) is 0 Å². The van der Waals surface area contributed by atoms with Gasteiger partial charge in [0.1, 0.15) is 0 Å². The molecule has 3 N–H and O–H groups in total. The van der Waals surface area contributed by atoms with Gasteiger partial charge in [0.05, 0.1) is 30.2 Å². The van der Waals surface area contributed by atoms with E-state index in [-0.39, 0.29) is 18.5 Å². The number of anilines is 1. The van der Waals surface area contributed by atoms with Crippen molar-refractivity contribution < 1.29 is 4.79 Å². The summed E-state index contributed by atoms with van der Waals surface area (Å²) in [6, 6.07) is 2.04. The second-order valence-electron chi connectivity index (χ2n) is 4.87. The van der Waals surface area contributed by atoms with Crippen molar-refractivity contribution in [3.63, 3.8) is 0 Å². The van der Waals surface area contributed by atoms with Gasteiger partial charge in [0.2, 0.25) is 5.91 Å². The van der Waals surface area contributed by atoms with Gasteiger partial charge in [0.15, 0.2) is 0 Å². The molecule has 0 saturated heterocycles. The molecule has 0 aliphatic heterocycles. The van der Waals surface area contributed by atoms with Crippen molar-refractivity contribution in [2.75, 3.05) is 11.9 Å². The third-order valence-electron chi connectivity index (χ3n) is 3.02. The lowest BCUT2D eigenvalue weighted by Gasteiger charge is -2.13. The third kappa shape index (κ3) is 3.67. The first-order valence-electron chi connectivity index (χ1n) is 6.58. The Bertz CT molecular complexity index is 540. The molecule has 0 saturated carbocycles. The maximum atomic E-state index is 11.9. The summed E-state index contributed by atoms with van der Waals surface area (Å²) in [6.45, 7) is 6.73. The second-order valence-corrected chi connectivity index (χ2v) is 4.87. The molecular formula is C13H20N6O. The quantitative estimate of drug-likeness (QED) is 0.729. The van der Waals surface area contributed by atoms with E-state index in [1.54, 1.807) is 6.20 Å². The smallest absolute Gasteiger partial charge is 0.238 e. The number of carbonyl (C=O) groups is 1. The van der Waals surface area contributed by atoms with Crippen molar-refractivity contribution in [3.8, 4) is 0 Å². The van der Waals surface area contributed by atoms with E-state index < -0.39 is 0 Å². The molecule has 0 aromatic carbocycles. The van der Waals surface area contributed by atoms with Gasteiger partial charge < -0.3 is 10.6 Å². The number of aromatic amines is 1. The number of H-pyrrole nitrogens is 1. The van der Waals surface area contributed by atoms with Gasteiger partial charge in [-0.05, 0) is 26.8 Å². The lowest BCUT2D eigenvalue weighted by atomic mass is 10.3. The molecule has 0 radical (unpaired) electrons. The van der Waals surface area contributed by atoms with E-state index in [4.69, 9.17) is 0 Å². The molecule has 0 unspecified atom stereocenters. The van der Waals surface area contributed by atoms with Crippen LogP contribution in [0.4, 0.5) is 5.69 Å². The van der Waals surface area contributed by atoms with Crippen LogP contribution in [-0.4, -0.2) is 38.5 Å². The summed E-state index contributed by atoms with van der Waals surface area (Å²) in [5.74, 6) is -0.0788. The topological polar surface area (TPSA) is 87.6 Å². The third-order valence-corrected chi connectivity index (χ3v) is 3.02. The van der Waals surface area contributed by atoms with Crippen molar-refractivity contribution in [1.29, 1.82) is 0 Å². The van der Waals surface area contributed by atoms with Gasteiger partial charge in [0.25, 0.3) is 0 Å². The zero-order valence-corrected chi connectivity index (χ0v) is 12.0. The fraction of sp³-hybridized carbons (Fsp3) is 0.462. The number of hydrogen-bond acceptors (Lipinski definition) is 4. The summed E-state index contributed by atoms with van der Waals surface area (Å²) in [4.78, 5) is 11.9. The first-order chi connectivity index (χ1) is 9.56. The predicted molar refractivity (Wildman–Crippen MR) is 76.4 cm³/mol. The van der Waals surface area contributed by atoms with E-state index in [1.807, 2.05) is 37.7 Å². The minimum Gasteiger partial charge on any atom is -0.322 e. The molecular weight excluding hydrogens is 256 g/mol. The number of nitrogens with zero attached hydrogens (tertiary/aromatic N) is 3. The minimum absolute atomic E-state index is 0.0788. The van der Waals surface area contributed by atoms with E-state index >= 15 is 0 Å². The van der Waals surface area contributed by atoms with E-state index in [0.29, 0.717) is 0 Å². The van der Waals surface area contributed by atoms with Crippen LogP contribution in [0.5, 0.6) is 0 Å². The van der Waals surface area contributed by atoms with Crippen LogP contribution in [-0.2, 0) is 11.3 Å².